The summed E-state index contributed by atoms with van der Waals surface area (Å²) in [6.07, 6.45) is 1.53. The highest BCUT2D eigenvalue weighted by Gasteiger charge is 2.19. The van der Waals surface area contributed by atoms with Gasteiger partial charge in [-0.05, 0) is 32.9 Å². The fourth-order valence-electron chi connectivity index (χ4n) is 0.923. The van der Waals surface area contributed by atoms with Crippen molar-refractivity contribution in [3.8, 4) is 0 Å². The van der Waals surface area contributed by atoms with Crippen molar-refractivity contribution in [2.75, 3.05) is 5.73 Å². The molecule has 1 aromatic heterocycles. The predicted octanol–water partition coefficient (Wildman–Crippen LogP) is 1.62. The Morgan fingerprint density at radius 3 is 2.64 bits per heavy atom. The maximum atomic E-state index is 11.5. The molecule has 2 N–H and O–H groups in total. The molecule has 0 unspecified atom stereocenters. The number of esters is 1. The molecule has 76 valence electrons. The summed E-state index contributed by atoms with van der Waals surface area (Å²) < 4.78 is 5.15. The molecule has 1 aromatic rings. The molecule has 0 bridgehead atoms. The molecule has 0 aromatic carbocycles. The van der Waals surface area contributed by atoms with Crippen LogP contribution in [-0.4, -0.2) is 16.6 Å². The predicted molar refractivity (Wildman–Crippen MR) is 53.8 cm³/mol. The van der Waals surface area contributed by atoms with Crippen molar-refractivity contribution in [1.29, 1.82) is 0 Å². The molecule has 0 spiro atoms. The Hall–Kier alpha value is -1.58. The quantitative estimate of drug-likeness (QED) is 0.690. The van der Waals surface area contributed by atoms with Crippen LogP contribution in [0, 0.1) is 0 Å². The summed E-state index contributed by atoms with van der Waals surface area (Å²) in [6.45, 7) is 5.41. The van der Waals surface area contributed by atoms with Crippen LogP contribution in [0.4, 0.5) is 5.82 Å². The van der Waals surface area contributed by atoms with E-state index < -0.39 is 11.6 Å². The van der Waals surface area contributed by atoms with Crippen molar-refractivity contribution < 1.29 is 9.53 Å². The highest BCUT2D eigenvalue weighted by Crippen LogP contribution is 2.14. The van der Waals surface area contributed by atoms with Crippen molar-refractivity contribution >= 4 is 11.8 Å². The van der Waals surface area contributed by atoms with Crippen molar-refractivity contribution in [1.82, 2.24) is 4.98 Å². The first-order chi connectivity index (χ1) is 6.40. The number of carbonyl (C=O) groups excluding carboxylic acids is 1. The molecular weight excluding hydrogens is 180 g/mol. The minimum atomic E-state index is -0.515. The Kier molecular flexibility index (Phi) is 2.74. The van der Waals surface area contributed by atoms with Gasteiger partial charge in [0.25, 0.3) is 0 Å². The van der Waals surface area contributed by atoms with Gasteiger partial charge in [-0.2, -0.15) is 0 Å². The van der Waals surface area contributed by atoms with Gasteiger partial charge in [-0.15, -0.1) is 0 Å². The molecule has 0 fully saturated rings. The molecule has 0 aliphatic rings. The summed E-state index contributed by atoms with van der Waals surface area (Å²) in [4.78, 5) is 15.3. The van der Waals surface area contributed by atoms with Gasteiger partial charge in [0.1, 0.15) is 17.0 Å². The Bertz CT molecular complexity index is 342. The highest BCUT2D eigenvalue weighted by molar-refractivity contribution is 5.94. The fourth-order valence-corrected chi connectivity index (χ4v) is 0.923. The van der Waals surface area contributed by atoms with Gasteiger partial charge in [-0.1, -0.05) is 0 Å². The average molecular weight is 194 g/mol. The van der Waals surface area contributed by atoms with Gasteiger partial charge in [0.15, 0.2) is 0 Å². The zero-order valence-corrected chi connectivity index (χ0v) is 8.57. The van der Waals surface area contributed by atoms with E-state index in [-0.39, 0.29) is 5.82 Å². The maximum absolute atomic E-state index is 11.5. The first kappa shape index (κ1) is 10.5. The average Bonchev–Trinajstić information content (AvgIpc) is 2.01. The zero-order chi connectivity index (χ0) is 10.8. The Labute approximate surface area is 83.1 Å². The SMILES string of the molecule is CC(C)(C)OC(=O)c1cccnc1N. The number of ether oxygens (including phenoxy) is 1. The van der Waals surface area contributed by atoms with Crippen LogP contribution in [0.3, 0.4) is 0 Å². The van der Waals surface area contributed by atoms with E-state index in [1.54, 1.807) is 32.9 Å². The van der Waals surface area contributed by atoms with E-state index in [9.17, 15) is 4.79 Å². The van der Waals surface area contributed by atoms with Gasteiger partial charge in [0, 0.05) is 6.20 Å². The summed E-state index contributed by atoms with van der Waals surface area (Å²) >= 11 is 0. The third-order valence-electron chi connectivity index (χ3n) is 1.46. The lowest BCUT2D eigenvalue weighted by Gasteiger charge is -2.19. The minimum absolute atomic E-state index is 0.196. The van der Waals surface area contributed by atoms with Crippen LogP contribution < -0.4 is 5.73 Å². The summed E-state index contributed by atoms with van der Waals surface area (Å²) in [5.74, 6) is -0.246. The van der Waals surface area contributed by atoms with Gasteiger partial charge in [0.05, 0.1) is 0 Å². The van der Waals surface area contributed by atoms with Gasteiger partial charge in [-0.3, -0.25) is 0 Å². The van der Waals surface area contributed by atoms with Crippen molar-refractivity contribution in [3.05, 3.63) is 23.9 Å². The Morgan fingerprint density at radius 1 is 1.50 bits per heavy atom. The number of nitrogens with zero attached hydrogens (tertiary/aromatic N) is 1. The van der Waals surface area contributed by atoms with E-state index in [4.69, 9.17) is 10.5 Å². The third-order valence-corrected chi connectivity index (χ3v) is 1.46. The molecule has 0 atom stereocenters. The van der Waals surface area contributed by atoms with Crippen LogP contribution >= 0.6 is 0 Å². The molecule has 0 saturated heterocycles. The van der Waals surface area contributed by atoms with E-state index in [2.05, 4.69) is 4.98 Å². The van der Waals surface area contributed by atoms with Crippen molar-refractivity contribution in [3.63, 3.8) is 0 Å². The lowest BCUT2D eigenvalue weighted by Crippen LogP contribution is -2.24. The Morgan fingerprint density at radius 2 is 2.14 bits per heavy atom. The van der Waals surface area contributed by atoms with E-state index in [0.29, 0.717) is 5.56 Å². The number of anilines is 1. The number of hydrogen-bond donors (Lipinski definition) is 1. The lowest BCUT2D eigenvalue weighted by molar-refractivity contribution is 0.00705. The van der Waals surface area contributed by atoms with E-state index in [1.807, 2.05) is 0 Å². The summed E-state index contributed by atoms with van der Waals surface area (Å²) in [6, 6.07) is 3.24. The molecule has 0 amide bonds. The van der Waals surface area contributed by atoms with Crippen molar-refractivity contribution in [2.45, 2.75) is 26.4 Å². The second-order valence-corrected chi connectivity index (χ2v) is 3.94. The number of nitrogens with two attached hydrogens (primary N) is 1. The second kappa shape index (κ2) is 3.65. The molecule has 0 aliphatic heterocycles. The molecule has 1 rings (SSSR count). The summed E-state index contributed by atoms with van der Waals surface area (Å²) in [5.41, 5.74) is 5.32. The topological polar surface area (TPSA) is 65.2 Å². The molecule has 0 radical (unpaired) electrons. The monoisotopic (exact) mass is 194 g/mol. The number of nitrogen functional groups attached to an aromatic ring is 1. The van der Waals surface area contributed by atoms with E-state index in [1.165, 1.54) is 6.20 Å². The number of aromatic nitrogens is 1. The minimum Gasteiger partial charge on any atom is -0.456 e. The lowest BCUT2D eigenvalue weighted by atomic mass is 10.2. The second-order valence-electron chi connectivity index (χ2n) is 3.94. The van der Waals surface area contributed by atoms with Gasteiger partial charge < -0.3 is 10.5 Å². The van der Waals surface area contributed by atoms with Gasteiger partial charge in [0.2, 0.25) is 0 Å². The molecule has 4 nitrogen and oxygen atoms in total. The molecule has 1 heterocycles. The highest BCUT2D eigenvalue weighted by atomic mass is 16.6. The van der Waals surface area contributed by atoms with Crippen LogP contribution in [0.25, 0.3) is 0 Å². The summed E-state index contributed by atoms with van der Waals surface area (Å²) in [5, 5.41) is 0. The number of hydrogen-bond acceptors (Lipinski definition) is 4. The summed E-state index contributed by atoms with van der Waals surface area (Å²) in [7, 11) is 0. The molecule has 0 saturated carbocycles. The fraction of sp³-hybridized carbons (Fsp3) is 0.400. The third kappa shape index (κ3) is 2.73. The molecule has 4 heteroatoms. The van der Waals surface area contributed by atoms with Crippen molar-refractivity contribution in [2.24, 2.45) is 0 Å². The van der Waals surface area contributed by atoms with E-state index >= 15 is 0 Å². The molecule has 14 heavy (non-hydrogen) atoms. The van der Waals surface area contributed by atoms with Crippen LogP contribution in [0.1, 0.15) is 31.1 Å². The number of carbonyl (C=O) groups is 1. The number of rotatable bonds is 1. The normalized spacial score (nSPS) is 11.1. The van der Waals surface area contributed by atoms with Gasteiger partial charge >= 0.3 is 5.97 Å². The molecular formula is C10H14N2O2. The van der Waals surface area contributed by atoms with Crippen LogP contribution in [0.15, 0.2) is 18.3 Å². The first-order valence-corrected chi connectivity index (χ1v) is 4.34. The largest absolute Gasteiger partial charge is 0.456 e. The Balaban J connectivity index is 2.86. The first-order valence-electron chi connectivity index (χ1n) is 4.34. The molecule has 0 aliphatic carbocycles. The standard InChI is InChI=1S/C10H14N2O2/c1-10(2,3)14-9(13)7-5-4-6-12-8(7)11/h4-6H,1-3H3,(H2,11,12). The number of pyridine rings is 1. The van der Waals surface area contributed by atoms with Crippen LogP contribution in [0.5, 0.6) is 0 Å². The van der Waals surface area contributed by atoms with Crippen LogP contribution in [0.2, 0.25) is 0 Å². The smallest absolute Gasteiger partial charge is 0.342 e. The van der Waals surface area contributed by atoms with Gasteiger partial charge in [-0.25, -0.2) is 9.78 Å². The van der Waals surface area contributed by atoms with E-state index in [0.717, 1.165) is 0 Å². The zero-order valence-electron chi connectivity index (χ0n) is 8.57. The van der Waals surface area contributed by atoms with Crippen LogP contribution in [-0.2, 0) is 4.74 Å². The maximum Gasteiger partial charge on any atom is 0.342 e.